The Kier molecular flexibility index (Phi) is 1.75. The van der Waals surface area contributed by atoms with E-state index in [1.165, 1.54) is 0 Å². The number of nitrogens with zero attached hydrogens (tertiary/aromatic N) is 2. The molecule has 0 unspecified atom stereocenters. The molecule has 0 aliphatic carbocycles. The summed E-state index contributed by atoms with van der Waals surface area (Å²) in [6.07, 6.45) is 0. The number of hydrogen-bond donors (Lipinski definition) is 0. The Morgan fingerprint density at radius 3 is 1.67 bits per heavy atom. The van der Waals surface area contributed by atoms with Crippen molar-refractivity contribution in [3.05, 3.63) is 0 Å². The Labute approximate surface area is 71.3 Å². The van der Waals surface area contributed by atoms with Crippen LogP contribution in [0, 0.1) is 0 Å². The molecule has 4 nitrogen and oxygen atoms in total. The van der Waals surface area contributed by atoms with Gasteiger partial charge in [0, 0.05) is 0 Å². The maximum Gasteiger partial charge on any atom is 0.273 e. The number of hydrogen-bond acceptors (Lipinski definition) is 4. The molecule has 0 amide bonds. The maximum absolute atomic E-state index is 5.29. The molecule has 4 heteroatoms. The van der Waals surface area contributed by atoms with Gasteiger partial charge in [-0.1, -0.05) is 0 Å². The smallest absolute Gasteiger partial charge is 0.273 e. The SMILES string of the molecule is C[C@H]1COC(C2=N[C@@H](C)CO2)=N1. The summed E-state index contributed by atoms with van der Waals surface area (Å²) in [6.45, 7) is 5.30. The summed E-state index contributed by atoms with van der Waals surface area (Å²) in [5.41, 5.74) is 0. The molecule has 2 aliphatic heterocycles. The van der Waals surface area contributed by atoms with E-state index in [0.29, 0.717) is 25.0 Å². The molecule has 66 valence electrons. The molecule has 0 aromatic carbocycles. The molecule has 2 atom stereocenters. The Balaban J connectivity index is 2.10. The van der Waals surface area contributed by atoms with E-state index in [0.717, 1.165) is 0 Å². The third kappa shape index (κ3) is 1.29. The Hall–Kier alpha value is -1.06. The largest absolute Gasteiger partial charge is 0.472 e. The fourth-order valence-electron chi connectivity index (χ4n) is 1.18. The van der Waals surface area contributed by atoms with E-state index >= 15 is 0 Å². The predicted molar refractivity (Wildman–Crippen MR) is 45.7 cm³/mol. The molecule has 0 bridgehead atoms. The van der Waals surface area contributed by atoms with Gasteiger partial charge in [-0.05, 0) is 13.8 Å². The Bertz CT molecular complexity index is 221. The summed E-state index contributed by atoms with van der Waals surface area (Å²) >= 11 is 0. The van der Waals surface area contributed by atoms with Crippen LogP contribution in [0.4, 0.5) is 0 Å². The van der Waals surface area contributed by atoms with Crippen LogP contribution >= 0.6 is 0 Å². The summed E-state index contributed by atoms with van der Waals surface area (Å²) in [7, 11) is 0. The van der Waals surface area contributed by atoms with E-state index in [4.69, 9.17) is 9.47 Å². The Morgan fingerprint density at radius 1 is 1.00 bits per heavy atom. The lowest BCUT2D eigenvalue weighted by molar-refractivity contribution is 0.299. The quantitative estimate of drug-likeness (QED) is 0.576. The van der Waals surface area contributed by atoms with Crippen molar-refractivity contribution in [2.45, 2.75) is 25.9 Å². The molecule has 0 saturated carbocycles. The first-order valence-corrected chi connectivity index (χ1v) is 4.17. The highest BCUT2D eigenvalue weighted by Gasteiger charge is 2.25. The average Bonchev–Trinajstić information content (AvgIpc) is 2.58. The van der Waals surface area contributed by atoms with Crippen molar-refractivity contribution in [3.8, 4) is 0 Å². The molecule has 2 rings (SSSR count). The number of ether oxygens (including phenoxy) is 2. The second kappa shape index (κ2) is 2.77. The van der Waals surface area contributed by atoms with Crippen molar-refractivity contribution in [3.63, 3.8) is 0 Å². The van der Waals surface area contributed by atoms with Crippen molar-refractivity contribution < 1.29 is 9.47 Å². The van der Waals surface area contributed by atoms with E-state index < -0.39 is 0 Å². The zero-order valence-corrected chi connectivity index (χ0v) is 7.28. The van der Waals surface area contributed by atoms with Gasteiger partial charge in [0.15, 0.2) is 0 Å². The lowest BCUT2D eigenvalue weighted by Gasteiger charge is -1.99. The summed E-state index contributed by atoms with van der Waals surface area (Å²) in [6, 6.07) is 0.476. The highest BCUT2D eigenvalue weighted by Crippen LogP contribution is 2.10. The fraction of sp³-hybridized carbons (Fsp3) is 0.750. The van der Waals surface area contributed by atoms with Gasteiger partial charge in [0.2, 0.25) is 0 Å². The molecule has 0 aromatic heterocycles. The number of rotatable bonds is 1. The van der Waals surface area contributed by atoms with Crippen molar-refractivity contribution in [2.24, 2.45) is 9.98 Å². The van der Waals surface area contributed by atoms with Gasteiger partial charge in [-0.3, -0.25) is 0 Å². The summed E-state index contributed by atoms with van der Waals surface area (Å²) in [4.78, 5) is 8.49. The normalized spacial score (nSPS) is 33.8. The zero-order chi connectivity index (χ0) is 8.55. The fourth-order valence-corrected chi connectivity index (χ4v) is 1.18. The highest BCUT2D eigenvalue weighted by atomic mass is 16.5. The molecule has 12 heavy (non-hydrogen) atoms. The van der Waals surface area contributed by atoms with Crippen LogP contribution in [0.25, 0.3) is 0 Å². The minimum Gasteiger partial charge on any atom is -0.472 e. The van der Waals surface area contributed by atoms with Gasteiger partial charge in [-0.15, -0.1) is 0 Å². The van der Waals surface area contributed by atoms with Crippen LogP contribution in [0.3, 0.4) is 0 Å². The van der Waals surface area contributed by atoms with Gasteiger partial charge in [-0.2, -0.15) is 0 Å². The van der Waals surface area contributed by atoms with Crippen LogP contribution < -0.4 is 0 Å². The molecule has 0 N–H and O–H groups in total. The average molecular weight is 168 g/mol. The first-order valence-electron chi connectivity index (χ1n) is 4.17. The summed E-state index contributed by atoms with van der Waals surface area (Å²) in [5.74, 6) is 1.15. The van der Waals surface area contributed by atoms with Crippen molar-refractivity contribution in [1.82, 2.24) is 0 Å². The van der Waals surface area contributed by atoms with Crippen molar-refractivity contribution in [2.75, 3.05) is 13.2 Å². The molecular formula is C8H12N2O2. The van der Waals surface area contributed by atoms with E-state index in [1.807, 2.05) is 13.8 Å². The zero-order valence-electron chi connectivity index (χ0n) is 7.28. The van der Waals surface area contributed by atoms with Crippen molar-refractivity contribution in [1.29, 1.82) is 0 Å². The first kappa shape index (κ1) is 7.58. The third-order valence-electron chi connectivity index (χ3n) is 1.78. The predicted octanol–water partition coefficient (Wildman–Crippen LogP) is 0.621. The summed E-state index contributed by atoms with van der Waals surface area (Å²) in [5, 5.41) is 0. The molecule has 0 fully saturated rings. The first-order chi connectivity index (χ1) is 5.75. The van der Waals surface area contributed by atoms with Crippen molar-refractivity contribution >= 4 is 11.8 Å². The van der Waals surface area contributed by atoms with Crippen LogP contribution in [-0.2, 0) is 9.47 Å². The van der Waals surface area contributed by atoms with Gasteiger partial charge in [0.1, 0.15) is 13.2 Å². The van der Waals surface area contributed by atoms with Gasteiger partial charge < -0.3 is 9.47 Å². The van der Waals surface area contributed by atoms with E-state index in [2.05, 4.69) is 9.98 Å². The topological polar surface area (TPSA) is 43.2 Å². The van der Waals surface area contributed by atoms with Crippen LogP contribution in [0.2, 0.25) is 0 Å². The van der Waals surface area contributed by atoms with Crippen LogP contribution in [0.5, 0.6) is 0 Å². The highest BCUT2D eigenvalue weighted by molar-refractivity contribution is 6.36. The monoisotopic (exact) mass is 168 g/mol. The van der Waals surface area contributed by atoms with E-state index in [-0.39, 0.29) is 12.1 Å². The molecule has 2 heterocycles. The second-order valence-corrected chi connectivity index (χ2v) is 3.19. The van der Waals surface area contributed by atoms with Crippen LogP contribution in [0.1, 0.15) is 13.8 Å². The van der Waals surface area contributed by atoms with Gasteiger partial charge in [-0.25, -0.2) is 9.98 Å². The van der Waals surface area contributed by atoms with E-state index in [9.17, 15) is 0 Å². The molecule has 0 radical (unpaired) electrons. The summed E-state index contributed by atoms with van der Waals surface area (Å²) < 4.78 is 10.6. The van der Waals surface area contributed by atoms with Crippen LogP contribution in [-0.4, -0.2) is 37.1 Å². The van der Waals surface area contributed by atoms with Crippen LogP contribution in [0.15, 0.2) is 9.98 Å². The lowest BCUT2D eigenvalue weighted by Crippen LogP contribution is -2.14. The number of aliphatic imine (C=N–C) groups is 2. The van der Waals surface area contributed by atoms with Gasteiger partial charge >= 0.3 is 0 Å². The molecule has 0 spiro atoms. The van der Waals surface area contributed by atoms with Gasteiger partial charge in [0.25, 0.3) is 11.8 Å². The molecule has 0 aromatic rings. The molecule has 0 saturated heterocycles. The minimum absolute atomic E-state index is 0.238. The Morgan fingerprint density at radius 2 is 1.42 bits per heavy atom. The van der Waals surface area contributed by atoms with E-state index in [1.54, 1.807) is 0 Å². The standard InChI is InChI=1S/C8H12N2O2/c1-5-3-11-7(9-5)8-10-6(2)4-12-8/h5-6H,3-4H2,1-2H3/t5-,6-/m0/s1. The maximum atomic E-state index is 5.29. The lowest BCUT2D eigenvalue weighted by atomic mass is 10.4. The molecule has 2 aliphatic rings. The molecular weight excluding hydrogens is 156 g/mol. The second-order valence-electron chi connectivity index (χ2n) is 3.19. The third-order valence-corrected chi connectivity index (χ3v) is 1.78. The van der Waals surface area contributed by atoms with Gasteiger partial charge in [0.05, 0.1) is 12.1 Å². The minimum atomic E-state index is 0.238.